The highest BCUT2D eigenvalue weighted by molar-refractivity contribution is 8.04. The van der Waals surface area contributed by atoms with E-state index >= 15 is 0 Å². The zero-order valence-electron chi connectivity index (χ0n) is 16.0. The molecule has 7 nitrogen and oxygen atoms in total. The van der Waals surface area contributed by atoms with E-state index in [1.807, 2.05) is 0 Å². The van der Waals surface area contributed by atoms with Crippen LogP contribution in [0.25, 0.3) is 0 Å². The second-order valence-corrected chi connectivity index (χ2v) is 9.22. The van der Waals surface area contributed by atoms with Crippen LogP contribution >= 0.6 is 23.4 Å². The van der Waals surface area contributed by atoms with Crippen molar-refractivity contribution in [3.8, 4) is 5.75 Å². The second-order valence-electron chi connectivity index (χ2n) is 6.19. The lowest BCUT2D eigenvalue weighted by molar-refractivity contribution is -0.133. The molecule has 0 radical (unpaired) electrons. The first kappa shape index (κ1) is 23.0. The average molecular weight is 484 g/mol. The quantitative estimate of drug-likeness (QED) is 0.634. The molecule has 3 rings (SSSR count). The number of rotatable bonds is 7. The highest BCUT2D eigenvalue weighted by atomic mass is 35.5. The molecular weight excluding hydrogens is 469 g/mol. The van der Waals surface area contributed by atoms with Crippen molar-refractivity contribution in [2.75, 3.05) is 12.4 Å². The first-order valence-corrected chi connectivity index (χ1v) is 11.6. The van der Waals surface area contributed by atoms with E-state index in [2.05, 4.69) is 4.40 Å². The fourth-order valence-electron chi connectivity index (χ4n) is 2.74. The van der Waals surface area contributed by atoms with Crippen molar-refractivity contribution in [2.24, 2.45) is 4.40 Å². The SMILES string of the molecule is CCOc1cc(S(=O)(=O)N=C2C=C(SCC(=O)O)C(=O)c3cc(F)ccc32)ccc1Cl. The lowest BCUT2D eigenvalue weighted by atomic mass is 9.94. The molecule has 162 valence electrons. The number of carbonyl (C=O) groups is 2. The number of Topliss-reactive ketones (excluding diaryl/α,β-unsaturated/α-hetero) is 1. The van der Waals surface area contributed by atoms with E-state index in [0.717, 1.165) is 12.1 Å². The summed E-state index contributed by atoms with van der Waals surface area (Å²) < 4.78 is 48.7. The van der Waals surface area contributed by atoms with Crippen LogP contribution in [-0.4, -0.2) is 43.3 Å². The first-order valence-electron chi connectivity index (χ1n) is 8.80. The van der Waals surface area contributed by atoms with Gasteiger partial charge in [0.15, 0.2) is 5.78 Å². The summed E-state index contributed by atoms with van der Waals surface area (Å²) in [6.07, 6.45) is 1.19. The van der Waals surface area contributed by atoms with Crippen LogP contribution in [0.4, 0.5) is 4.39 Å². The van der Waals surface area contributed by atoms with Gasteiger partial charge < -0.3 is 9.84 Å². The van der Waals surface area contributed by atoms with Gasteiger partial charge in [0.1, 0.15) is 11.6 Å². The molecule has 1 N–H and O–H groups in total. The Bertz CT molecular complexity index is 1240. The number of hydrogen-bond acceptors (Lipinski definition) is 6. The Balaban J connectivity index is 2.12. The van der Waals surface area contributed by atoms with Crippen molar-refractivity contribution in [3.63, 3.8) is 0 Å². The summed E-state index contributed by atoms with van der Waals surface area (Å²) in [4.78, 5) is 23.3. The number of thioether (sulfide) groups is 1. The number of nitrogens with zero attached hydrogens (tertiary/aromatic N) is 1. The molecule has 1 aliphatic carbocycles. The van der Waals surface area contributed by atoms with Crippen LogP contribution in [0, 0.1) is 5.82 Å². The highest BCUT2D eigenvalue weighted by Gasteiger charge is 2.28. The third kappa shape index (κ3) is 5.15. The lowest BCUT2D eigenvalue weighted by Gasteiger charge is -2.17. The van der Waals surface area contributed by atoms with Crippen molar-refractivity contribution in [3.05, 3.63) is 69.3 Å². The lowest BCUT2D eigenvalue weighted by Crippen LogP contribution is -2.18. The van der Waals surface area contributed by atoms with Crippen LogP contribution in [0.15, 0.2) is 56.7 Å². The Morgan fingerprint density at radius 3 is 2.65 bits per heavy atom. The summed E-state index contributed by atoms with van der Waals surface area (Å²) in [5.74, 6) is -2.74. The first-order chi connectivity index (χ1) is 14.6. The van der Waals surface area contributed by atoms with Crippen LogP contribution in [0.3, 0.4) is 0 Å². The van der Waals surface area contributed by atoms with Crippen LogP contribution in [0.2, 0.25) is 5.02 Å². The number of aliphatic carboxylic acids is 1. The van der Waals surface area contributed by atoms with Crippen LogP contribution < -0.4 is 4.74 Å². The Hall–Kier alpha value is -2.69. The van der Waals surface area contributed by atoms with Crippen molar-refractivity contribution in [2.45, 2.75) is 11.8 Å². The molecule has 0 bridgehead atoms. The minimum absolute atomic E-state index is 0.0550. The molecule has 0 aliphatic heterocycles. The molecule has 2 aromatic carbocycles. The molecule has 0 aromatic heterocycles. The molecule has 0 heterocycles. The number of allylic oxidation sites excluding steroid dienone is 2. The number of hydrogen-bond donors (Lipinski definition) is 1. The summed E-state index contributed by atoms with van der Waals surface area (Å²) in [5, 5.41) is 9.12. The maximum absolute atomic E-state index is 13.7. The number of benzene rings is 2. The zero-order chi connectivity index (χ0) is 22.8. The molecule has 31 heavy (non-hydrogen) atoms. The van der Waals surface area contributed by atoms with E-state index in [4.69, 9.17) is 21.4 Å². The van der Waals surface area contributed by atoms with E-state index in [1.165, 1.54) is 30.3 Å². The predicted octanol–water partition coefficient (Wildman–Crippen LogP) is 3.95. The molecule has 0 amide bonds. The standard InChI is InChI=1S/C20H15ClFNO6S2/c1-2-29-17-8-12(4-6-15(17)21)31(27,28)23-16-9-18(30-10-19(24)25)20(26)14-7-11(22)3-5-13(14)16/h3-9H,2,10H2,1H3,(H,24,25). The number of carbonyl (C=O) groups excluding carboxylic acids is 1. The summed E-state index contributed by atoms with van der Waals surface area (Å²) in [5.41, 5.74) is -0.0977. The fraction of sp³-hybridized carbons (Fsp3) is 0.150. The Labute approximate surface area is 186 Å². The monoisotopic (exact) mass is 483 g/mol. The summed E-state index contributed by atoms with van der Waals surface area (Å²) in [6.45, 7) is 1.99. The topological polar surface area (TPSA) is 110 Å². The third-order valence-electron chi connectivity index (χ3n) is 4.06. The number of carboxylic acids is 1. The molecule has 0 atom stereocenters. The van der Waals surface area contributed by atoms with Crippen molar-refractivity contribution >= 4 is 50.9 Å². The van der Waals surface area contributed by atoms with Crippen molar-refractivity contribution < 1.29 is 32.2 Å². The molecule has 2 aromatic rings. The van der Waals surface area contributed by atoms with E-state index in [-0.39, 0.29) is 44.0 Å². The summed E-state index contributed by atoms with van der Waals surface area (Å²) >= 11 is 6.70. The van der Waals surface area contributed by atoms with Gasteiger partial charge in [-0.25, -0.2) is 4.39 Å². The molecular formula is C20H15ClFNO6S2. The maximum atomic E-state index is 13.7. The van der Waals surface area contributed by atoms with Crippen molar-refractivity contribution in [1.29, 1.82) is 0 Å². The summed E-state index contributed by atoms with van der Waals surface area (Å²) in [6, 6.07) is 7.13. The smallest absolute Gasteiger partial charge is 0.313 e. The van der Waals surface area contributed by atoms with Gasteiger partial charge in [0, 0.05) is 17.2 Å². The van der Waals surface area contributed by atoms with Crippen LogP contribution in [0.1, 0.15) is 22.8 Å². The largest absolute Gasteiger partial charge is 0.492 e. The fourth-order valence-corrected chi connectivity index (χ4v) is 4.64. The normalized spacial score (nSPS) is 14.9. The number of fused-ring (bicyclic) bond motifs is 1. The number of ether oxygens (including phenoxy) is 1. The Morgan fingerprint density at radius 1 is 1.23 bits per heavy atom. The number of ketones is 1. The second kappa shape index (κ2) is 9.21. The average Bonchev–Trinajstić information content (AvgIpc) is 2.70. The molecule has 0 unspecified atom stereocenters. The summed E-state index contributed by atoms with van der Waals surface area (Å²) in [7, 11) is -4.27. The van der Waals surface area contributed by atoms with E-state index in [0.29, 0.717) is 11.8 Å². The number of sulfonamides is 1. The van der Waals surface area contributed by atoms with E-state index < -0.39 is 33.3 Å². The Morgan fingerprint density at radius 2 is 1.97 bits per heavy atom. The molecule has 0 saturated carbocycles. The Kier molecular flexibility index (Phi) is 6.83. The number of carboxylic acid groups (broad SMARTS) is 1. The predicted molar refractivity (Wildman–Crippen MR) is 115 cm³/mol. The maximum Gasteiger partial charge on any atom is 0.313 e. The van der Waals surface area contributed by atoms with E-state index in [1.54, 1.807) is 6.92 Å². The van der Waals surface area contributed by atoms with Crippen LogP contribution in [0.5, 0.6) is 5.75 Å². The van der Waals surface area contributed by atoms with Gasteiger partial charge in [0.25, 0.3) is 10.0 Å². The zero-order valence-corrected chi connectivity index (χ0v) is 18.4. The van der Waals surface area contributed by atoms with Crippen LogP contribution in [-0.2, 0) is 14.8 Å². The van der Waals surface area contributed by atoms with Gasteiger partial charge in [-0.15, -0.1) is 11.8 Å². The van der Waals surface area contributed by atoms with E-state index in [9.17, 15) is 22.4 Å². The minimum Gasteiger partial charge on any atom is -0.492 e. The number of halogens is 2. The minimum atomic E-state index is -4.27. The van der Waals surface area contributed by atoms with Crippen molar-refractivity contribution in [1.82, 2.24) is 0 Å². The van der Waals surface area contributed by atoms with Gasteiger partial charge in [-0.2, -0.15) is 12.8 Å². The molecule has 0 fully saturated rings. The molecule has 11 heteroatoms. The van der Waals surface area contributed by atoms with Gasteiger partial charge in [-0.3, -0.25) is 9.59 Å². The van der Waals surface area contributed by atoms with Gasteiger partial charge >= 0.3 is 5.97 Å². The van der Waals surface area contributed by atoms with Gasteiger partial charge in [0.05, 0.1) is 32.9 Å². The van der Waals surface area contributed by atoms with Gasteiger partial charge in [0.2, 0.25) is 0 Å². The van der Waals surface area contributed by atoms with Gasteiger partial charge in [-0.05, 0) is 43.3 Å². The molecule has 0 saturated heterocycles. The highest BCUT2D eigenvalue weighted by Crippen LogP contribution is 2.32. The van der Waals surface area contributed by atoms with Gasteiger partial charge in [-0.1, -0.05) is 11.6 Å². The molecule has 1 aliphatic rings. The molecule has 0 spiro atoms. The third-order valence-corrected chi connectivity index (χ3v) is 6.67.